The Labute approximate surface area is 154 Å². The predicted octanol–water partition coefficient (Wildman–Crippen LogP) is 4.03. The minimum atomic E-state index is -0.424. The van der Waals surface area contributed by atoms with E-state index in [4.69, 9.17) is 4.74 Å². The summed E-state index contributed by atoms with van der Waals surface area (Å²) < 4.78 is 7.09. The number of hydrogen-bond acceptors (Lipinski definition) is 5. The third-order valence-electron chi connectivity index (χ3n) is 4.83. The maximum absolute atomic E-state index is 5.24. The number of nitrogens with zero attached hydrogens (tertiary/aromatic N) is 4. The van der Waals surface area contributed by atoms with E-state index in [0.717, 1.165) is 40.5 Å². The normalized spacial score (nSPS) is 13.3. The Balaban J connectivity index is 2.02. The molecule has 0 amide bonds. The Morgan fingerprint density at radius 1 is 1.08 bits per heavy atom. The molecule has 1 N–H and O–H groups in total. The van der Waals surface area contributed by atoms with Gasteiger partial charge < -0.3 is 10.1 Å². The van der Waals surface area contributed by atoms with Crippen LogP contribution in [0.4, 0.5) is 5.69 Å². The SMILES string of the molecule is CC[C@](C)(Nc1ccc(OC)cc1)c1nnnn1-c1c(C)cccc1C. The van der Waals surface area contributed by atoms with Gasteiger partial charge in [0.25, 0.3) is 0 Å². The van der Waals surface area contributed by atoms with Crippen LogP contribution in [0.15, 0.2) is 42.5 Å². The Morgan fingerprint density at radius 2 is 1.73 bits per heavy atom. The topological polar surface area (TPSA) is 64.9 Å². The molecule has 1 atom stereocenters. The lowest BCUT2D eigenvalue weighted by molar-refractivity contribution is 0.414. The van der Waals surface area contributed by atoms with E-state index in [2.05, 4.69) is 60.7 Å². The molecule has 0 unspecified atom stereocenters. The summed E-state index contributed by atoms with van der Waals surface area (Å²) in [5.74, 6) is 1.61. The van der Waals surface area contributed by atoms with Crippen LogP contribution >= 0.6 is 0 Å². The van der Waals surface area contributed by atoms with Crippen molar-refractivity contribution in [2.45, 2.75) is 39.7 Å². The Kier molecular flexibility index (Phi) is 4.93. The van der Waals surface area contributed by atoms with Crippen LogP contribution in [0.3, 0.4) is 0 Å². The summed E-state index contributed by atoms with van der Waals surface area (Å²) in [5.41, 5.74) is 3.88. The minimum Gasteiger partial charge on any atom is -0.497 e. The van der Waals surface area contributed by atoms with Crippen molar-refractivity contribution >= 4 is 5.69 Å². The number of ether oxygens (including phenoxy) is 1. The van der Waals surface area contributed by atoms with Crippen molar-refractivity contribution in [1.82, 2.24) is 20.2 Å². The molecule has 26 heavy (non-hydrogen) atoms. The van der Waals surface area contributed by atoms with Crippen molar-refractivity contribution in [3.63, 3.8) is 0 Å². The Hall–Kier alpha value is -2.89. The molecule has 0 saturated heterocycles. The summed E-state index contributed by atoms with van der Waals surface area (Å²) in [4.78, 5) is 0. The van der Waals surface area contributed by atoms with Gasteiger partial charge in [-0.25, -0.2) is 0 Å². The molecule has 3 rings (SSSR count). The first-order valence-electron chi connectivity index (χ1n) is 8.76. The van der Waals surface area contributed by atoms with Gasteiger partial charge in [0, 0.05) is 5.69 Å². The van der Waals surface area contributed by atoms with Crippen LogP contribution < -0.4 is 10.1 Å². The quantitative estimate of drug-likeness (QED) is 0.726. The molecular formula is C20H25N5O. The number of hydrogen-bond donors (Lipinski definition) is 1. The van der Waals surface area contributed by atoms with Gasteiger partial charge in [0.15, 0.2) is 5.82 Å². The number of para-hydroxylation sites is 1. The standard InChI is InChI=1S/C20H25N5O/c1-6-20(4,21-16-10-12-17(26-5)13-11-16)19-22-23-24-25(19)18-14(2)8-7-9-15(18)3/h7-13,21H,6H2,1-5H3/t20-/m0/s1. The maximum Gasteiger partial charge on any atom is 0.181 e. The van der Waals surface area contributed by atoms with Gasteiger partial charge >= 0.3 is 0 Å². The molecule has 0 aliphatic carbocycles. The summed E-state index contributed by atoms with van der Waals surface area (Å²) in [7, 11) is 1.66. The molecule has 0 saturated carbocycles. The number of aromatic nitrogens is 4. The number of benzene rings is 2. The van der Waals surface area contributed by atoms with Gasteiger partial charge in [-0.3, -0.25) is 0 Å². The summed E-state index contributed by atoms with van der Waals surface area (Å²) in [5, 5.41) is 16.2. The first kappa shape index (κ1) is 17.9. The lowest BCUT2D eigenvalue weighted by Crippen LogP contribution is -2.34. The third kappa shape index (κ3) is 3.27. The summed E-state index contributed by atoms with van der Waals surface area (Å²) in [6, 6.07) is 14.1. The smallest absolute Gasteiger partial charge is 0.181 e. The van der Waals surface area contributed by atoms with Crippen molar-refractivity contribution in [2.75, 3.05) is 12.4 Å². The molecule has 0 aliphatic heterocycles. The molecule has 1 aromatic heterocycles. The van der Waals surface area contributed by atoms with Gasteiger partial charge in [0.1, 0.15) is 5.75 Å². The molecule has 0 fully saturated rings. The van der Waals surface area contributed by atoms with Crippen LogP contribution in [0.25, 0.3) is 5.69 Å². The second kappa shape index (κ2) is 7.15. The van der Waals surface area contributed by atoms with Crippen molar-refractivity contribution in [3.8, 4) is 11.4 Å². The minimum absolute atomic E-state index is 0.424. The van der Waals surface area contributed by atoms with E-state index in [1.54, 1.807) is 7.11 Å². The Bertz CT molecular complexity index is 867. The molecular weight excluding hydrogens is 326 g/mol. The maximum atomic E-state index is 5.24. The number of methoxy groups -OCH3 is 1. The monoisotopic (exact) mass is 351 g/mol. The zero-order chi connectivity index (χ0) is 18.7. The highest BCUT2D eigenvalue weighted by atomic mass is 16.5. The van der Waals surface area contributed by atoms with Crippen LogP contribution in [0.5, 0.6) is 5.75 Å². The van der Waals surface area contributed by atoms with Crippen molar-refractivity contribution in [1.29, 1.82) is 0 Å². The van der Waals surface area contributed by atoms with Crippen LogP contribution in [-0.2, 0) is 5.54 Å². The van der Waals surface area contributed by atoms with E-state index < -0.39 is 5.54 Å². The van der Waals surface area contributed by atoms with Crippen molar-refractivity contribution in [2.24, 2.45) is 0 Å². The number of nitrogens with one attached hydrogen (secondary N) is 1. The molecule has 2 aromatic carbocycles. The van der Waals surface area contributed by atoms with E-state index >= 15 is 0 Å². The summed E-state index contributed by atoms with van der Waals surface area (Å²) in [6.45, 7) is 8.40. The van der Waals surface area contributed by atoms with E-state index in [1.165, 1.54) is 0 Å². The first-order valence-corrected chi connectivity index (χ1v) is 8.76. The molecule has 136 valence electrons. The van der Waals surface area contributed by atoms with Gasteiger partial charge in [-0.15, -0.1) is 5.10 Å². The fourth-order valence-corrected chi connectivity index (χ4v) is 3.12. The van der Waals surface area contributed by atoms with Crippen LogP contribution in [0.2, 0.25) is 0 Å². The first-order chi connectivity index (χ1) is 12.5. The molecule has 1 heterocycles. The van der Waals surface area contributed by atoms with Gasteiger partial charge in [0.2, 0.25) is 0 Å². The molecule has 6 nitrogen and oxygen atoms in total. The van der Waals surface area contributed by atoms with Crippen LogP contribution in [-0.4, -0.2) is 27.3 Å². The summed E-state index contributed by atoms with van der Waals surface area (Å²) in [6.07, 6.45) is 0.824. The van der Waals surface area contributed by atoms with E-state index in [0.29, 0.717) is 0 Å². The molecule has 0 spiro atoms. The van der Waals surface area contributed by atoms with Gasteiger partial charge in [0.05, 0.1) is 18.3 Å². The molecule has 6 heteroatoms. The second-order valence-electron chi connectivity index (χ2n) is 6.69. The van der Waals surface area contributed by atoms with E-state index in [-0.39, 0.29) is 0 Å². The highest BCUT2D eigenvalue weighted by Gasteiger charge is 2.32. The lowest BCUT2D eigenvalue weighted by Gasteiger charge is -2.30. The van der Waals surface area contributed by atoms with Gasteiger partial charge in [-0.2, -0.15) is 4.68 Å². The van der Waals surface area contributed by atoms with Crippen LogP contribution in [0.1, 0.15) is 37.2 Å². The zero-order valence-corrected chi connectivity index (χ0v) is 15.9. The largest absolute Gasteiger partial charge is 0.497 e. The number of anilines is 1. The fraction of sp³-hybridized carbons (Fsp3) is 0.350. The third-order valence-corrected chi connectivity index (χ3v) is 4.83. The average Bonchev–Trinajstić information content (AvgIpc) is 3.12. The number of rotatable bonds is 6. The van der Waals surface area contributed by atoms with E-state index in [9.17, 15) is 0 Å². The highest BCUT2D eigenvalue weighted by Crippen LogP contribution is 2.31. The average molecular weight is 351 g/mol. The second-order valence-corrected chi connectivity index (χ2v) is 6.69. The van der Waals surface area contributed by atoms with Crippen LogP contribution in [0, 0.1) is 13.8 Å². The lowest BCUT2D eigenvalue weighted by atomic mass is 9.96. The number of tetrazole rings is 1. The highest BCUT2D eigenvalue weighted by molar-refractivity contribution is 5.51. The molecule has 0 aliphatic rings. The van der Waals surface area contributed by atoms with Crippen molar-refractivity contribution < 1.29 is 4.74 Å². The molecule has 0 radical (unpaired) electrons. The van der Waals surface area contributed by atoms with Gasteiger partial charge in [-0.05, 0) is 73.0 Å². The fourth-order valence-electron chi connectivity index (χ4n) is 3.12. The zero-order valence-electron chi connectivity index (χ0n) is 15.9. The molecule has 3 aromatic rings. The van der Waals surface area contributed by atoms with E-state index in [1.807, 2.05) is 35.0 Å². The van der Waals surface area contributed by atoms with Gasteiger partial charge in [-0.1, -0.05) is 25.1 Å². The Morgan fingerprint density at radius 3 is 2.31 bits per heavy atom. The predicted molar refractivity (Wildman–Crippen MR) is 103 cm³/mol. The number of aryl methyl sites for hydroxylation is 2. The molecule has 0 bridgehead atoms. The van der Waals surface area contributed by atoms with Crippen molar-refractivity contribution in [3.05, 3.63) is 59.4 Å². The summed E-state index contributed by atoms with van der Waals surface area (Å²) >= 11 is 0.